The van der Waals surface area contributed by atoms with E-state index in [2.05, 4.69) is 11.1 Å². The van der Waals surface area contributed by atoms with Gasteiger partial charge < -0.3 is 4.74 Å². The van der Waals surface area contributed by atoms with Crippen molar-refractivity contribution in [1.29, 1.82) is 0 Å². The van der Waals surface area contributed by atoms with Crippen LogP contribution >= 0.6 is 0 Å². The molecule has 0 N–H and O–H groups in total. The molecule has 0 aliphatic heterocycles. The summed E-state index contributed by atoms with van der Waals surface area (Å²) in [4.78, 5) is 28.0. The summed E-state index contributed by atoms with van der Waals surface area (Å²) in [5, 5.41) is 12.1. The van der Waals surface area contributed by atoms with Crippen molar-refractivity contribution in [1.82, 2.24) is 14.1 Å². The van der Waals surface area contributed by atoms with Crippen molar-refractivity contribution in [3.05, 3.63) is 107 Å². The molecule has 8 nitrogen and oxygen atoms in total. The monoisotopic (exact) mass is 452 g/mol. The minimum absolute atomic E-state index is 0.0209. The number of fused-ring (bicyclic) bond motifs is 1. The van der Waals surface area contributed by atoms with E-state index in [0.717, 1.165) is 22.2 Å². The highest BCUT2D eigenvalue weighted by molar-refractivity contribution is 5.95. The van der Waals surface area contributed by atoms with Crippen LogP contribution in [0.25, 0.3) is 33.7 Å². The number of aromatic nitrogens is 3. The summed E-state index contributed by atoms with van der Waals surface area (Å²) in [5.74, 6) is -0.0534. The molecule has 0 unspecified atom stereocenters. The fourth-order valence-corrected chi connectivity index (χ4v) is 4.03. The van der Waals surface area contributed by atoms with Crippen molar-refractivity contribution in [2.75, 3.05) is 6.61 Å². The van der Waals surface area contributed by atoms with Crippen molar-refractivity contribution < 1.29 is 14.5 Å². The molecule has 5 aromatic rings. The third-order valence-corrected chi connectivity index (χ3v) is 5.54. The van der Waals surface area contributed by atoms with E-state index in [0.29, 0.717) is 11.5 Å². The normalized spacial score (nSPS) is 11.0. The first-order chi connectivity index (χ1) is 16.6. The maximum absolute atomic E-state index is 12.9. The Balaban J connectivity index is 1.82. The van der Waals surface area contributed by atoms with Gasteiger partial charge in [-0.3, -0.25) is 19.2 Å². The second kappa shape index (κ2) is 8.67. The van der Waals surface area contributed by atoms with E-state index in [9.17, 15) is 14.9 Å². The van der Waals surface area contributed by atoms with E-state index in [-0.39, 0.29) is 18.0 Å². The molecule has 3 aromatic carbocycles. The Bertz CT molecular complexity index is 1500. The van der Waals surface area contributed by atoms with Crippen molar-refractivity contribution in [2.45, 2.75) is 6.92 Å². The fourth-order valence-electron chi connectivity index (χ4n) is 4.03. The number of nitrogens with zero attached hydrogens (tertiary/aromatic N) is 4. The van der Waals surface area contributed by atoms with Crippen LogP contribution in [0, 0.1) is 10.1 Å². The second-order valence-corrected chi connectivity index (χ2v) is 7.57. The van der Waals surface area contributed by atoms with Gasteiger partial charge in [-0.05, 0) is 36.8 Å². The zero-order chi connectivity index (χ0) is 23.7. The van der Waals surface area contributed by atoms with Gasteiger partial charge in [-0.15, -0.1) is 0 Å². The van der Waals surface area contributed by atoms with Gasteiger partial charge in [-0.1, -0.05) is 48.5 Å². The minimum atomic E-state index is -0.546. The molecule has 5 rings (SSSR count). The Morgan fingerprint density at radius 3 is 2.41 bits per heavy atom. The largest absolute Gasteiger partial charge is 0.461 e. The summed E-state index contributed by atoms with van der Waals surface area (Å²) in [6, 6.07) is 25.9. The van der Waals surface area contributed by atoms with Gasteiger partial charge in [0.25, 0.3) is 5.69 Å². The molecule has 0 aliphatic rings. The average molecular weight is 452 g/mol. The Kier molecular flexibility index (Phi) is 5.39. The van der Waals surface area contributed by atoms with E-state index in [1.165, 1.54) is 18.5 Å². The molecule has 8 heteroatoms. The number of para-hydroxylation sites is 1. The Labute approximate surface area is 194 Å². The first-order valence-electron chi connectivity index (χ1n) is 10.7. The molecule has 2 heterocycles. The van der Waals surface area contributed by atoms with E-state index in [4.69, 9.17) is 4.74 Å². The Morgan fingerprint density at radius 2 is 1.71 bits per heavy atom. The maximum atomic E-state index is 12.9. The van der Waals surface area contributed by atoms with Gasteiger partial charge >= 0.3 is 5.97 Å². The van der Waals surface area contributed by atoms with Gasteiger partial charge in [0.1, 0.15) is 6.33 Å². The lowest BCUT2D eigenvalue weighted by Gasteiger charge is -2.16. The van der Waals surface area contributed by atoms with Gasteiger partial charge in [-0.2, -0.15) is 0 Å². The molecule has 0 atom stereocenters. The van der Waals surface area contributed by atoms with E-state index >= 15 is 0 Å². The van der Waals surface area contributed by atoms with Crippen LogP contribution in [0.2, 0.25) is 0 Å². The molecular formula is C26H20N4O4. The second-order valence-electron chi connectivity index (χ2n) is 7.57. The van der Waals surface area contributed by atoms with Gasteiger partial charge in [0.05, 0.1) is 22.7 Å². The number of imidazole rings is 1. The number of esters is 1. The Hall–Kier alpha value is -4.72. The molecule has 168 valence electrons. The number of rotatable bonds is 6. The lowest BCUT2D eigenvalue weighted by molar-refractivity contribution is -0.384. The molecule has 34 heavy (non-hydrogen) atoms. The number of ether oxygens (including phenoxy) is 1. The van der Waals surface area contributed by atoms with Crippen molar-refractivity contribution in [2.24, 2.45) is 0 Å². The molecule has 0 amide bonds. The minimum Gasteiger partial charge on any atom is -0.461 e. The standard InChI is InChI=1S/C26H20N4O4/c1-2-34-26(31)24-25(28(17-27-24)20-12-14-21(15-13-20)30(32)33)29-22-11-7-6-10-19(22)16-23(29)18-8-4-3-5-9-18/h3-17H,2H2,1H3. The third kappa shape index (κ3) is 3.61. The topological polar surface area (TPSA) is 92.2 Å². The van der Waals surface area contributed by atoms with Crippen LogP contribution in [0.3, 0.4) is 0 Å². The number of non-ortho nitro benzene ring substituents is 1. The van der Waals surface area contributed by atoms with Gasteiger partial charge in [0, 0.05) is 23.2 Å². The number of benzene rings is 3. The average Bonchev–Trinajstić information content (AvgIpc) is 3.46. The van der Waals surface area contributed by atoms with Gasteiger partial charge in [-0.25, -0.2) is 9.78 Å². The summed E-state index contributed by atoms with van der Waals surface area (Å²) >= 11 is 0. The first kappa shape index (κ1) is 21.1. The molecule has 0 fully saturated rings. The number of carbonyl (C=O) groups excluding carboxylic acids is 1. The van der Waals surface area contributed by atoms with Crippen molar-refractivity contribution >= 4 is 22.6 Å². The van der Waals surface area contributed by atoms with E-state index in [1.54, 1.807) is 23.6 Å². The summed E-state index contributed by atoms with van der Waals surface area (Å²) < 4.78 is 9.03. The quantitative estimate of drug-likeness (QED) is 0.191. The molecular weight excluding hydrogens is 432 g/mol. The predicted octanol–water partition coefficient (Wildman–Crippen LogP) is 5.57. The molecule has 2 aromatic heterocycles. The molecule has 0 saturated heterocycles. The van der Waals surface area contributed by atoms with Crippen LogP contribution in [-0.4, -0.2) is 31.6 Å². The number of hydrogen-bond donors (Lipinski definition) is 0. The van der Waals surface area contributed by atoms with E-state index < -0.39 is 10.9 Å². The molecule has 0 aliphatic carbocycles. The summed E-state index contributed by atoms with van der Waals surface area (Å²) in [6.45, 7) is 1.95. The summed E-state index contributed by atoms with van der Waals surface area (Å²) in [5.41, 5.74) is 3.48. The Morgan fingerprint density at radius 1 is 1.00 bits per heavy atom. The zero-order valence-corrected chi connectivity index (χ0v) is 18.3. The number of carbonyl (C=O) groups is 1. The lowest BCUT2D eigenvalue weighted by atomic mass is 10.1. The van der Waals surface area contributed by atoms with Crippen LogP contribution in [0.4, 0.5) is 5.69 Å². The van der Waals surface area contributed by atoms with Crippen molar-refractivity contribution in [3.63, 3.8) is 0 Å². The molecule has 0 saturated carbocycles. The summed E-state index contributed by atoms with van der Waals surface area (Å²) in [6.07, 6.45) is 1.53. The van der Waals surface area contributed by atoms with Crippen molar-refractivity contribution in [3.8, 4) is 22.8 Å². The number of nitro groups is 1. The van der Waals surface area contributed by atoms with Crippen LogP contribution in [0.5, 0.6) is 0 Å². The smallest absolute Gasteiger partial charge is 0.360 e. The van der Waals surface area contributed by atoms with Crippen LogP contribution in [0.15, 0.2) is 91.3 Å². The molecule has 0 radical (unpaired) electrons. The van der Waals surface area contributed by atoms with Gasteiger partial charge in [0.2, 0.25) is 0 Å². The highest BCUT2D eigenvalue weighted by atomic mass is 16.6. The zero-order valence-electron chi connectivity index (χ0n) is 18.3. The number of nitro benzene ring substituents is 1. The fraction of sp³-hybridized carbons (Fsp3) is 0.0769. The predicted molar refractivity (Wildman–Crippen MR) is 128 cm³/mol. The highest BCUT2D eigenvalue weighted by Gasteiger charge is 2.25. The van der Waals surface area contributed by atoms with E-state index in [1.807, 2.05) is 59.2 Å². The number of hydrogen-bond acceptors (Lipinski definition) is 5. The highest BCUT2D eigenvalue weighted by Crippen LogP contribution is 2.34. The van der Waals surface area contributed by atoms with Crippen LogP contribution < -0.4 is 0 Å². The maximum Gasteiger partial charge on any atom is 0.360 e. The SMILES string of the molecule is CCOC(=O)c1ncn(-c2ccc([N+](=O)[O-])cc2)c1-n1c(-c2ccccc2)cc2ccccc21. The lowest BCUT2D eigenvalue weighted by Crippen LogP contribution is -2.13. The third-order valence-electron chi connectivity index (χ3n) is 5.54. The first-order valence-corrected chi connectivity index (χ1v) is 10.7. The van der Waals surface area contributed by atoms with Crippen LogP contribution in [0.1, 0.15) is 17.4 Å². The summed E-state index contributed by atoms with van der Waals surface area (Å²) in [7, 11) is 0. The van der Waals surface area contributed by atoms with Crippen LogP contribution in [-0.2, 0) is 4.74 Å². The molecule has 0 bridgehead atoms. The van der Waals surface area contributed by atoms with Gasteiger partial charge in [0.15, 0.2) is 11.5 Å². The molecule has 0 spiro atoms.